The SMILES string of the molecule is CCOc1ccc(C2=C(c3ccccc3)CCCc3cc(O)ccc32)cc1. The second-order valence-electron chi connectivity index (χ2n) is 6.87. The summed E-state index contributed by atoms with van der Waals surface area (Å²) in [5.41, 5.74) is 7.51. The fraction of sp³-hybridized carbons (Fsp3) is 0.200. The van der Waals surface area contributed by atoms with Crippen molar-refractivity contribution in [3.8, 4) is 11.5 Å². The molecule has 2 nitrogen and oxygen atoms in total. The Balaban J connectivity index is 1.93. The normalized spacial score (nSPS) is 13.8. The minimum atomic E-state index is 0.336. The fourth-order valence-electron chi connectivity index (χ4n) is 3.92. The summed E-state index contributed by atoms with van der Waals surface area (Å²) < 4.78 is 5.62. The third kappa shape index (κ3) is 3.61. The molecule has 2 heteroatoms. The first kappa shape index (κ1) is 17.4. The van der Waals surface area contributed by atoms with Crippen molar-refractivity contribution in [2.45, 2.75) is 26.2 Å². The molecule has 1 aliphatic rings. The molecule has 4 rings (SSSR count). The molecule has 1 aliphatic carbocycles. The Kier molecular flexibility index (Phi) is 4.97. The van der Waals surface area contributed by atoms with Crippen molar-refractivity contribution in [3.05, 3.63) is 95.1 Å². The summed E-state index contributed by atoms with van der Waals surface area (Å²) >= 11 is 0. The van der Waals surface area contributed by atoms with Crippen LogP contribution < -0.4 is 4.74 Å². The predicted molar refractivity (Wildman–Crippen MR) is 111 cm³/mol. The number of phenolic OH excluding ortho intramolecular Hbond substituents is 1. The maximum atomic E-state index is 9.98. The van der Waals surface area contributed by atoms with Gasteiger partial charge in [-0.1, -0.05) is 48.5 Å². The van der Waals surface area contributed by atoms with Crippen LogP contribution in [0.4, 0.5) is 0 Å². The highest BCUT2D eigenvalue weighted by atomic mass is 16.5. The van der Waals surface area contributed by atoms with Gasteiger partial charge in [-0.15, -0.1) is 0 Å². The molecule has 136 valence electrons. The minimum absolute atomic E-state index is 0.336. The molecule has 0 spiro atoms. The standard InChI is InChI=1S/C25H24O2/c1-2-27-22-14-11-19(12-15-22)25-23(18-7-4-3-5-8-18)10-6-9-20-17-21(26)13-16-24(20)25/h3-5,7-8,11-17,26H,2,6,9-10H2,1H3. The van der Waals surface area contributed by atoms with Gasteiger partial charge in [0.05, 0.1) is 6.61 Å². The van der Waals surface area contributed by atoms with Crippen LogP contribution in [0.1, 0.15) is 42.0 Å². The number of aromatic hydroxyl groups is 1. The topological polar surface area (TPSA) is 29.5 Å². The number of hydrogen-bond acceptors (Lipinski definition) is 2. The Hall–Kier alpha value is -3.00. The number of fused-ring (bicyclic) bond motifs is 1. The van der Waals surface area contributed by atoms with Crippen molar-refractivity contribution in [2.24, 2.45) is 0 Å². The first-order valence-electron chi connectivity index (χ1n) is 9.60. The van der Waals surface area contributed by atoms with Crippen molar-refractivity contribution in [2.75, 3.05) is 6.61 Å². The van der Waals surface area contributed by atoms with E-state index >= 15 is 0 Å². The lowest BCUT2D eigenvalue weighted by Crippen LogP contribution is -1.97. The van der Waals surface area contributed by atoms with Crippen LogP contribution in [-0.4, -0.2) is 11.7 Å². The number of benzene rings is 3. The molecule has 3 aromatic rings. The Labute approximate surface area is 160 Å². The van der Waals surface area contributed by atoms with Gasteiger partial charge < -0.3 is 9.84 Å². The minimum Gasteiger partial charge on any atom is -0.508 e. The zero-order valence-electron chi connectivity index (χ0n) is 15.6. The molecule has 0 unspecified atom stereocenters. The molecule has 0 amide bonds. The first-order valence-corrected chi connectivity index (χ1v) is 9.60. The monoisotopic (exact) mass is 356 g/mol. The van der Waals surface area contributed by atoms with Gasteiger partial charge in [0, 0.05) is 0 Å². The van der Waals surface area contributed by atoms with E-state index in [-0.39, 0.29) is 0 Å². The summed E-state index contributed by atoms with van der Waals surface area (Å²) in [6.45, 7) is 2.66. The van der Waals surface area contributed by atoms with Crippen LogP contribution in [0.2, 0.25) is 0 Å². The molecular formula is C25H24O2. The van der Waals surface area contributed by atoms with Crippen LogP contribution in [-0.2, 0) is 6.42 Å². The van der Waals surface area contributed by atoms with Crippen molar-refractivity contribution >= 4 is 11.1 Å². The van der Waals surface area contributed by atoms with Crippen LogP contribution in [0.15, 0.2) is 72.8 Å². The average Bonchev–Trinajstić information content (AvgIpc) is 2.89. The van der Waals surface area contributed by atoms with Crippen molar-refractivity contribution in [1.82, 2.24) is 0 Å². The summed E-state index contributed by atoms with van der Waals surface area (Å²) in [5, 5.41) is 9.98. The van der Waals surface area contributed by atoms with Gasteiger partial charge >= 0.3 is 0 Å². The van der Waals surface area contributed by atoms with E-state index in [1.807, 2.05) is 25.1 Å². The zero-order valence-corrected chi connectivity index (χ0v) is 15.6. The second-order valence-corrected chi connectivity index (χ2v) is 6.87. The molecule has 0 saturated heterocycles. The number of rotatable bonds is 4. The van der Waals surface area contributed by atoms with Crippen LogP contribution in [0, 0.1) is 0 Å². The Morgan fingerprint density at radius 3 is 2.37 bits per heavy atom. The number of phenols is 1. The van der Waals surface area contributed by atoms with Gasteiger partial charge in [-0.25, -0.2) is 0 Å². The summed E-state index contributed by atoms with van der Waals surface area (Å²) in [6.07, 6.45) is 3.06. The fourth-order valence-corrected chi connectivity index (χ4v) is 3.92. The van der Waals surface area contributed by atoms with E-state index in [4.69, 9.17) is 4.74 Å². The molecule has 0 saturated carbocycles. The molecule has 27 heavy (non-hydrogen) atoms. The number of hydrogen-bond donors (Lipinski definition) is 1. The van der Waals surface area contributed by atoms with Gasteiger partial charge in [-0.05, 0) is 83.9 Å². The second kappa shape index (κ2) is 7.71. The van der Waals surface area contributed by atoms with Gasteiger partial charge in [0.1, 0.15) is 11.5 Å². The maximum absolute atomic E-state index is 9.98. The predicted octanol–water partition coefficient (Wildman–Crippen LogP) is 6.09. The molecule has 0 aromatic heterocycles. The van der Waals surface area contributed by atoms with Crippen molar-refractivity contribution < 1.29 is 9.84 Å². The molecule has 0 aliphatic heterocycles. The maximum Gasteiger partial charge on any atom is 0.119 e. The van der Waals surface area contributed by atoms with Crippen molar-refractivity contribution in [3.63, 3.8) is 0 Å². The van der Waals surface area contributed by atoms with Gasteiger partial charge in [-0.3, -0.25) is 0 Å². The molecule has 1 N–H and O–H groups in total. The van der Waals surface area contributed by atoms with Crippen molar-refractivity contribution in [1.29, 1.82) is 0 Å². The lowest BCUT2D eigenvalue weighted by atomic mass is 9.88. The first-order chi connectivity index (χ1) is 13.3. The molecular weight excluding hydrogens is 332 g/mol. The quantitative estimate of drug-likeness (QED) is 0.613. The zero-order chi connectivity index (χ0) is 18.6. The molecule has 0 heterocycles. The van der Waals surface area contributed by atoms with E-state index < -0.39 is 0 Å². The highest BCUT2D eigenvalue weighted by Gasteiger charge is 2.20. The Bertz CT molecular complexity index is 953. The Morgan fingerprint density at radius 2 is 1.63 bits per heavy atom. The van der Waals surface area contributed by atoms with E-state index in [2.05, 4.69) is 48.5 Å². The smallest absolute Gasteiger partial charge is 0.119 e. The third-order valence-corrected chi connectivity index (χ3v) is 5.11. The van der Waals surface area contributed by atoms with Gasteiger partial charge in [0.2, 0.25) is 0 Å². The van der Waals surface area contributed by atoms with Gasteiger partial charge in [0.15, 0.2) is 0 Å². The highest BCUT2D eigenvalue weighted by Crippen LogP contribution is 2.40. The van der Waals surface area contributed by atoms with E-state index in [0.717, 1.165) is 25.0 Å². The highest BCUT2D eigenvalue weighted by molar-refractivity contribution is 6.00. The Morgan fingerprint density at radius 1 is 0.852 bits per heavy atom. The van der Waals surface area contributed by atoms with Gasteiger partial charge in [0.25, 0.3) is 0 Å². The summed E-state index contributed by atoms with van der Waals surface area (Å²) in [4.78, 5) is 0. The van der Waals surface area contributed by atoms with Crippen LogP contribution in [0.3, 0.4) is 0 Å². The molecule has 0 radical (unpaired) electrons. The van der Waals surface area contributed by atoms with Crippen LogP contribution in [0.25, 0.3) is 11.1 Å². The van der Waals surface area contributed by atoms with Crippen LogP contribution in [0.5, 0.6) is 11.5 Å². The summed E-state index contributed by atoms with van der Waals surface area (Å²) in [7, 11) is 0. The number of aryl methyl sites for hydroxylation is 1. The van der Waals surface area contributed by atoms with Crippen LogP contribution >= 0.6 is 0 Å². The molecule has 0 bridgehead atoms. The van der Waals surface area contributed by atoms with E-state index in [1.165, 1.54) is 33.4 Å². The van der Waals surface area contributed by atoms with E-state index in [9.17, 15) is 5.11 Å². The summed E-state index contributed by atoms with van der Waals surface area (Å²) in [5.74, 6) is 1.23. The van der Waals surface area contributed by atoms with Gasteiger partial charge in [-0.2, -0.15) is 0 Å². The lowest BCUT2D eigenvalue weighted by molar-refractivity contribution is 0.340. The number of allylic oxidation sites excluding steroid dienone is 1. The van der Waals surface area contributed by atoms with E-state index in [0.29, 0.717) is 12.4 Å². The molecule has 3 aromatic carbocycles. The van der Waals surface area contributed by atoms with E-state index in [1.54, 1.807) is 6.07 Å². The molecule has 0 fully saturated rings. The third-order valence-electron chi connectivity index (χ3n) is 5.11. The molecule has 0 atom stereocenters. The lowest BCUT2D eigenvalue weighted by Gasteiger charge is -2.17. The summed E-state index contributed by atoms with van der Waals surface area (Å²) in [6, 6.07) is 24.8. The average molecular weight is 356 g/mol. The largest absolute Gasteiger partial charge is 0.508 e. The number of ether oxygens (including phenoxy) is 1.